The molecule has 1 heterocycles. The SMILES string of the molecule is CN1CCCC(c2cccc(C3(C#N)CC3)c2)C1. The maximum Gasteiger partial charge on any atom is 0.0823 e. The summed E-state index contributed by atoms with van der Waals surface area (Å²) >= 11 is 0. The number of benzene rings is 1. The number of nitriles is 1. The van der Waals surface area contributed by atoms with Gasteiger partial charge in [0, 0.05) is 6.54 Å². The first-order chi connectivity index (χ1) is 8.73. The van der Waals surface area contributed by atoms with Crippen LogP contribution in [0.15, 0.2) is 24.3 Å². The van der Waals surface area contributed by atoms with Crippen LogP contribution < -0.4 is 0 Å². The maximum absolute atomic E-state index is 9.30. The second-order valence-corrected chi connectivity index (χ2v) is 5.92. The van der Waals surface area contributed by atoms with Gasteiger partial charge in [0.15, 0.2) is 0 Å². The molecule has 2 nitrogen and oxygen atoms in total. The molecule has 0 aromatic heterocycles. The molecule has 18 heavy (non-hydrogen) atoms. The van der Waals surface area contributed by atoms with Gasteiger partial charge in [-0.3, -0.25) is 0 Å². The van der Waals surface area contributed by atoms with E-state index in [1.54, 1.807) is 0 Å². The van der Waals surface area contributed by atoms with Gasteiger partial charge in [-0.1, -0.05) is 24.3 Å². The van der Waals surface area contributed by atoms with Gasteiger partial charge in [-0.25, -0.2) is 0 Å². The minimum absolute atomic E-state index is 0.142. The van der Waals surface area contributed by atoms with Crippen LogP contribution in [0.5, 0.6) is 0 Å². The molecule has 1 aromatic rings. The number of likely N-dealkylation sites (tertiary alicyclic amines) is 1. The Morgan fingerprint density at radius 2 is 2.22 bits per heavy atom. The van der Waals surface area contributed by atoms with Crippen molar-refractivity contribution in [3.63, 3.8) is 0 Å². The minimum Gasteiger partial charge on any atom is -0.306 e. The third-order valence-electron chi connectivity index (χ3n) is 4.50. The Bertz CT molecular complexity index is 482. The summed E-state index contributed by atoms with van der Waals surface area (Å²) in [5.41, 5.74) is 2.53. The van der Waals surface area contributed by atoms with Gasteiger partial charge in [0.2, 0.25) is 0 Å². The van der Waals surface area contributed by atoms with E-state index in [2.05, 4.69) is 42.3 Å². The zero-order valence-electron chi connectivity index (χ0n) is 11.0. The fraction of sp³-hybridized carbons (Fsp3) is 0.562. The topological polar surface area (TPSA) is 27.0 Å². The van der Waals surface area contributed by atoms with E-state index in [4.69, 9.17) is 0 Å². The summed E-state index contributed by atoms with van der Waals surface area (Å²) in [6, 6.07) is 11.3. The summed E-state index contributed by atoms with van der Waals surface area (Å²) in [4.78, 5) is 2.41. The van der Waals surface area contributed by atoms with Crippen LogP contribution in [0.1, 0.15) is 42.7 Å². The summed E-state index contributed by atoms with van der Waals surface area (Å²) in [6.07, 6.45) is 4.65. The van der Waals surface area contributed by atoms with E-state index in [-0.39, 0.29) is 5.41 Å². The Labute approximate surface area is 109 Å². The first-order valence-corrected chi connectivity index (χ1v) is 6.94. The van der Waals surface area contributed by atoms with Gasteiger partial charge in [0.05, 0.1) is 11.5 Å². The summed E-state index contributed by atoms with van der Waals surface area (Å²) in [7, 11) is 2.20. The number of hydrogen-bond acceptors (Lipinski definition) is 2. The molecule has 1 unspecified atom stereocenters. The van der Waals surface area contributed by atoms with E-state index in [9.17, 15) is 5.26 Å². The molecule has 1 saturated carbocycles. The quantitative estimate of drug-likeness (QED) is 0.794. The van der Waals surface area contributed by atoms with Gasteiger partial charge in [0.25, 0.3) is 0 Å². The average molecular weight is 240 g/mol. The van der Waals surface area contributed by atoms with E-state index in [1.165, 1.54) is 30.5 Å². The molecule has 0 spiro atoms. The lowest BCUT2D eigenvalue weighted by Gasteiger charge is -2.30. The fourth-order valence-electron chi connectivity index (χ4n) is 3.12. The summed E-state index contributed by atoms with van der Waals surface area (Å²) in [5, 5.41) is 9.30. The van der Waals surface area contributed by atoms with Gasteiger partial charge in [-0.15, -0.1) is 0 Å². The van der Waals surface area contributed by atoms with Crippen molar-refractivity contribution >= 4 is 0 Å². The first-order valence-electron chi connectivity index (χ1n) is 6.94. The van der Waals surface area contributed by atoms with Crippen LogP contribution in [0.4, 0.5) is 0 Å². The van der Waals surface area contributed by atoms with E-state index in [1.807, 2.05) is 0 Å². The highest BCUT2D eigenvalue weighted by Crippen LogP contribution is 2.48. The maximum atomic E-state index is 9.30. The molecule has 2 heteroatoms. The van der Waals surface area contributed by atoms with E-state index in [0.29, 0.717) is 5.92 Å². The predicted octanol–water partition coefficient (Wildman–Crippen LogP) is 3.05. The number of hydrogen-bond donors (Lipinski definition) is 0. The predicted molar refractivity (Wildman–Crippen MR) is 72.4 cm³/mol. The minimum atomic E-state index is -0.142. The molecule has 1 saturated heterocycles. The Morgan fingerprint density at radius 1 is 1.39 bits per heavy atom. The Hall–Kier alpha value is -1.33. The normalized spacial score (nSPS) is 26.6. The molecular weight excluding hydrogens is 220 g/mol. The smallest absolute Gasteiger partial charge is 0.0823 e. The second-order valence-electron chi connectivity index (χ2n) is 5.92. The van der Waals surface area contributed by atoms with Gasteiger partial charge >= 0.3 is 0 Å². The van der Waals surface area contributed by atoms with E-state index in [0.717, 1.165) is 19.4 Å². The summed E-state index contributed by atoms with van der Waals surface area (Å²) < 4.78 is 0. The molecule has 2 fully saturated rings. The number of likely N-dealkylation sites (N-methyl/N-ethyl adjacent to an activating group) is 1. The molecule has 0 bridgehead atoms. The highest BCUT2D eigenvalue weighted by atomic mass is 15.1. The number of piperidine rings is 1. The molecule has 1 aliphatic heterocycles. The standard InChI is InChI=1S/C16H20N2/c1-18-9-3-5-14(11-18)13-4-2-6-15(10-13)16(12-17)7-8-16/h2,4,6,10,14H,3,5,7-9,11H2,1H3. The number of nitrogens with zero attached hydrogens (tertiary/aromatic N) is 2. The van der Waals surface area contributed by atoms with Gasteiger partial charge < -0.3 is 4.90 Å². The third-order valence-corrected chi connectivity index (χ3v) is 4.50. The Balaban J connectivity index is 1.85. The highest BCUT2D eigenvalue weighted by molar-refractivity contribution is 5.41. The van der Waals surface area contributed by atoms with E-state index < -0.39 is 0 Å². The molecule has 2 aliphatic rings. The van der Waals surface area contributed by atoms with Crippen molar-refractivity contribution < 1.29 is 0 Å². The molecule has 0 radical (unpaired) electrons. The zero-order valence-corrected chi connectivity index (χ0v) is 11.0. The third kappa shape index (κ3) is 2.04. The molecule has 0 N–H and O–H groups in total. The molecule has 1 atom stereocenters. The van der Waals surface area contributed by atoms with Crippen LogP contribution >= 0.6 is 0 Å². The lowest BCUT2D eigenvalue weighted by Crippen LogP contribution is -2.30. The molecule has 0 amide bonds. The Morgan fingerprint density at radius 3 is 2.89 bits per heavy atom. The second kappa shape index (κ2) is 4.40. The largest absolute Gasteiger partial charge is 0.306 e. The molecule has 1 aromatic carbocycles. The van der Waals surface area contributed by atoms with Crippen LogP contribution in [-0.4, -0.2) is 25.0 Å². The van der Waals surface area contributed by atoms with Crippen molar-refractivity contribution in [2.45, 2.75) is 37.0 Å². The Kier molecular flexibility index (Phi) is 2.87. The van der Waals surface area contributed by atoms with E-state index >= 15 is 0 Å². The van der Waals surface area contributed by atoms with Crippen molar-refractivity contribution in [3.05, 3.63) is 35.4 Å². The lowest BCUT2D eigenvalue weighted by molar-refractivity contribution is 0.251. The van der Waals surface area contributed by atoms with Crippen molar-refractivity contribution in [3.8, 4) is 6.07 Å². The highest BCUT2D eigenvalue weighted by Gasteiger charge is 2.44. The molecule has 1 aliphatic carbocycles. The van der Waals surface area contributed by atoms with Gasteiger partial charge in [-0.2, -0.15) is 5.26 Å². The molecule has 94 valence electrons. The summed E-state index contributed by atoms with van der Waals surface area (Å²) in [5.74, 6) is 0.651. The first kappa shape index (κ1) is 11.7. The lowest BCUT2D eigenvalue weighted by atomic mass is 9.87. The van der Waals surface area contributed by atoms with Crippen molar-refractivity contribution in [1.82, 2.24) is 4.90 Å². The number of rotatable bonds is 2. The fourth-order valence-corrected chi connectivity index (χ4v) is 3.12. The van der Waals surface area contributed by atoms with Crippen molar-refractivity contribution in [2.75, 3.05) is 20.1 Å². The van der Waals surface area contributed by atoms with Crippen LogP contribution in [0, 0.1) is 11.3 Å². The van der Waals surface area contributed by atoms with Crippen LogP contribution in [0.25, 0.3) is 0 Å². The zero-order chi connectivity index (χ0) is 12.6. The van der Waals surface area contributed by atoms with Gasteiger partial charge in [0.1, 0.15) is 0 Å². The van der Waals surface area contributed by atoms with Crippen LogP contribution in [0.3, 0.4) is 0 Å². The summed E-state index contributed by atoms with van der Waals surface area (Å²) in [6.45, 7) is 2.38. The van der Waals surface area contributed by atoms with Crippen molar-refractivity contribution in [2.24, 2.45) is 0 Å². The molecule has 3 rings (SSSR count). The van der Waals surface area contributed by atoms with Gasteiger partial charge in [-0.05, 0) is 56.3 Å². The average Bonchev–Trinajstić information content (AvgIpc) is 3.20. The molecular formula is C16H20N2. The monoisotopic (exact) mass is 240 g/mol. The van der Waals surface area contributed by atoms with Crippen LogP contribution in [0.2, 0.25) is 0 Å². The van der Waals surface area contributed by atoms with Crippen molar-refractivity contribution in [1.29, 1.82) is 5.26 Å². The van der Waals surface area contributed by atoms with Crippen LogP contribution in [-0.2, 0) is 5.41 Å².